The third-order valence-electron chi connectivity index (χ3n) is 4.35. The molecule has 2 rings (SSSR count). The Labute approximate surface area is 125 Å². The summed E-state index contributed by atoms with van der Waals surface area (Å²) in [6.45, 7) is 9.54. The normalized spacial score (nSPS) is 19.3. The van der Waals surface area contributed by atoms with Gasteiger partial charge in [0.2, 0.25) is 0 Å². The molecular weight excluding hydrogens is 267 g/mol. The Morgan fingerprint density at radius 3 is 2.19 bits per heavy atom. The molecule has 21 heavy (non-hydrogen) atoms. The highest BCUT2D eigenvalue weighted by atomic mass is 16.7. The molecule has 0 atom stereocenters. The van der Waals surface area contributed by atoms with Crippen LogP contribution in [0.4, 0.5) is 0 Å². The predicted molar refractivity (Wildman–Crippen MR) is 81.8 cm³/mol. The second-order valence-corrected chi connectivity index (χ2v) is 6.28. The van der Waals surface area contributed by atoms with Gasteiger partial charge in [-0.2, -0.15) is 0 Å². The summed E-state index contributed by atoms with van der Waals surface area (Å²) in [7, 11) is -0.624. The molecule has 0 bridgehead atoms. The number of terminal acetylenes is 1. The minimum Gasteiger partial charge on any atom is -0.478 e. The van der Waals surface area contributed by atoms with Crippen LogP contribution < -0.4 is 5.46 Å². The van der Waals surface area contributed by atoms with Crippen molar-refractivity contribution in [1.29, 1.82) is 0 Å². The van der Waals surface area contributed by atoms with E-state index in [4.69, 9.17) is 15.7 Å². The van der Waals surface area contributed by atoms with Crippen molar-refractivity contribution in [2.45, 2.75) is 45.8 Å². The van der Waals surface area contributed by atoms with E-state index in [1.165, 1.54) is 6.07 Å². The predicted octanol–water partition coefficient (Wildman–Crippen LogP) is 1.97. The van der Waals surface area contributed by atoms with Gasteiger partial charge in [0, 0.05) is 5.56 Å². The topological polar surface area (TPSA) is 55.8 Å². The molecule has 5 heteroatoms. The van der Waals surface area contributed by atoms with Crippen LogP contribution in [0.3, 0.4) is 0 Å². The molecule has 1 aliphatic heterocycles. The van der Waals surface area contributed by atoms with E-state index in [9.17, 15) is 9.90 Å². The van der Waals surface area contributed by atoms with E-state index >= 15 is 0 Å². The molecule has 0 aromatic heterocycles. The van der Waals surface area contributed by atoms with Gasteiger partial charge in [0.1, 0.15) is 0 Å². The van der Waals surface area contributed by atoms with E-state index in [1.807, 2.05) is 27.7 Å². The second kappa shape index (κ2) is 4.90. The van der Waals surface area contributed by atoms with Crippen LogP contribution in [0.1, 0.15) is 49.2 Å². The van der Waals surface area contributed by atoms with Gasteiger partial charge in [0.25, 0.3) is 0 Å². The number of carboxylic acid groups (broad SMARTS) is 1. The Balaban J connectivity index is 2.54. The highest BCUT2D eigenvalue weighted by molar-refractivity contribution is 6.62. The summed E-state index contributed by atoms with van der Waals surface area (Å²) in [4.78, 5) is 11.4. The number of carboxylic acids is 1. The van der Waals surface area contributed by atoms with Crippen LogP contribution in [-0.4, -0.2) is 29.4 Å². The first-order valence-corrected chi connectivity index (χ1v) is 6.79. The average molecular weight is 286 g/mol. The Bertz CT molecular complexity index is 624. The monoisotopic (exact) mass is 286 g/mol. The van der Waals surface area contributed by atoms with Crippen molar-refractivity contribution in [3.63, 3.8) is 0 Å². The third kappa shape index (κ3) is 2.57. The highest BCUT2D eigenvalue weighted by Crippen LogP contribution is 2.36. The van der Waals surface area contributed by atoms with E-state index in [1.54, 1.807) is 13.0 Å². The molecule has 110 valence electrons. The van der Waals surface area contributed by atoms with Gasteiger partial charge in [-0.3, -0.25) is 0 Å². The van der Waals surface area contributed by atoms with Crippen molar-refractivity contribution in [3.05, 3.63) is 28.8 Å². The Morgan fingerprint density at radius 1 is 1.24 bits per heavy atom. The minimum atomic E-state index is -1.01. The molecule has 0 amide bonds. The van der Waals surface area contributed by atoms with E-state index < -0.39 is 24.3 Å². The first-order chi connectivity index (χ1) is 9.59. The summed E-state index contributed by atoms with van der Waals surface area (Å²) in [5.74, 6) is 1.47. The molecule has 0 radical (unpaired) electrons. The largest absolute Gasteiger partial charge is 0.495 e. The van der Waals surface area contributed by atoms with Crippen molar-refractivity contribution in [1.82, 2.24) is 0 Å². The fourth-order valence-electron chi connectivity index (χ4n) is 2.26. The summed E-state index contributed by atoms with van der Waals surface area (Å²) in [6, 6.07) is 3.25. The number of hydrogen-bond acceptors (Lipinski definition) is 3. The first kappa shape index (κ1) is 15.6. The molecular formula is C16H19BO4. The first-order valence-electron chi connectivity index (χ1n) is 6.79. The molecule has 0 spiro atoms. The Hall–Kier alpha value is -1.77. The molecule has 1 N–H and O–H groups in total. The quantitative estimate of drug-likeness (QED) is 0.667. The number of carbonyl (C=O) groups is 1. The van der Waals surface area contributed by atoms with Gasteiger partial charge in [-0.15, -0.1) is 6.42 Å². The zero-order valence-electron chi connectivity index (χ0n) is 13.0. The van der Waals surface area contributed by atoms with Crippen molar-refractivity contribution in [2.24, 2.45) is 0 Å². The van der Waals surface area contributed by atoms with Crippen LogP contribution in [0.15, 0.2) is 12.1 Å². The van der Waals surface area contributed by atoms with Crippen molar-refractivity contribution in [2.75, 3.05) is 0 Å². The maximum absolute atomic E-state index is 11.4. The van der Waals surface area contributed by atoms with Gasteiger partial charge in [0.15, 0.2) is 0 Å². The summed E-state index contributed by atoms with van der Waals surface area (Å²) < 4.78 is 12.0. The van der Waals surface area contributed by atoms with Crippen LogP contribution in [-0.2, 0) is 9.31 Å². The van der Waals surface area contributed by atoms with Gasteiger partial charge in [-0.05, 0) is 57.8 Å². The minimum absolute atomic E-state index is 0.176. The molecule has 1 heterocycles. The molecule has 0 unspecified atom stereocenters. The van der Waals surface area contributed by atoms with Gasteiger partial charge >= 0.3 is 13.1 Å². The molecule has 1 aliphatic rings. The Kier molecular flexibility index (Phi) is 3.65. The van der Waals surface area contributed by atoms with E-state index in [0.29, 0.717) is 16.6 Å². The summed E-state index contributed by atoms with van der Waals surface area (Å²) in [5, 5.41) is 9.31. The number of aromatic carboxylic acids is 1. The molecule has 0 saturated carbocycles. The van der Waals surface area contributed by atoms with Crippen LogP contribution >= 0.6 is 0 Å². The van der Waals surface area contributed by atoms with Gasteiger partial charge in [-0.25, -0.2) is 4.79 Å². The maximum atomic E-state index is 11.4. The molecule has 4 nitrogen and oxygen atoms in total. The lowest BCUT2D eigenvalue weighted by Gasteiger charge is -2.32. The zero-order valence-corrected chi connectivity index (χ0v) is 13.0. The van der Waals surface area contributed by atoms with Crippen molar-refractivity contribution in [3.8, 4) is 12.3 Å². The van der Waals surface area contributed by atoms with Crippen molar-refractivity contribution >= 4 is 18.6 Å². The summed E-state index contributed by atoms with van der Waals surface area (Å²) in [6.07, 6.45) is 5.42. The molecule has 1 fully saturated rings. The summed E-state index contributed by atoms with van der Waals surface area (Å²) in [5.41, 5.74) is 0.985. The Morgan fingerprint density at radius 2 is 1.76 bits per heavy atom. The SMILES string of the molecule is C#Cc1cc(B2OC(C)(C)C(C)(C)O2)c(C)c(C(=O)O)c1. The fraction of sp³-hybridized carbons (Fsp3) is 0.438. The third-order valence-corrected chi connectivity index (χ3v) is 4.35. The van der Waals surface area contributed by atoms with Crippen LogP contribution in [0.5, 0.6) is 0 Å². The number of benzene rings is 1. The van der Waals surface area contributed by atoms with Crippen LogP contribution in [0.25, 0.3) is 0 Å². The van der Waals surface area contributed by atoms with E-state index in [2.05, 4.69) is 5.92 Å². The van der Waals surface area contributed by atoms with E-state index in [-0.39, 0.29) is 5.56 Å². The number of hydrogen-bond donors (Lipinski definition) is 1. The van der Waals surface area contributed by atoms with Gasteiger partial charge in [-0.1, -0.05) is 5.92 Å². The van der Waals surface area contributed by atoms with Gasteiger partial charge < -0.3 is 14.4 Å². The highest BCUT2D eigenvalue weighted by Gasteiger charge is 2.52. The lowest BCUT2D eigenvalue weighted by molar-refractivity contribution is 0.00578. The number of rotatable bonds is 2. The lowest BCUT2D eigenvalue weighted by Crippen LogP contribution is -2.41. The second-order valence-electron chi connectivity index (χ2n) is 6.28. The molecule has 1 aromatic rings. The van der Waals surface area contributed by atoms with Crippen molar-refractivity contribution < 1.29 is 19.2 Å². The van der Waals surface area contributed by atoms with Crippen LogP contribution in [0.2, 0.25) is 0 Å². The standard InChI is InChI=1S/C16H19BO4/c1-7-11-8-12(14(18)19)10(2)13(9-11)17-20-15(3,4)16(5,6)21-17/h1,8-9H,2-6H3,(H,18,19). The molecule has 0 aliphatic carbocycles. The zero-order chi connectivity index (χ0) is 16.0. The van der Waals surface area contributed by atoms with Crippen LogP contribution in [0, 0.1) is 19.3 Å². The fourth-order valence-corrected chi connectivity index (χ4v) is 2.26. The maximum Gasteiger partial charge on any atom is 0.495 e. The summed E-state index contributed by atoms with van der Waals surface area (Å²) >= 11 is 0. The average Bonchev–Trinajstić information content (AvgIpc) is 2.58. The smallest absolute Gasteiger partial charge is 0.478 e. The molecule has 1 saturated heterocycles. The van der Waals surface area contributed by atoms with E-state index in [0.717, 1.165) is 0 Å². The lowest BCUT2D eigenvalue weighted by atomic mass is 9.74. The molecule has 1 aromatic carbocycles. The van der Waals surface area contributed by atoms with Gasteiger partial charge in [0.05, 0.1) is 16.8 Å².